The first-order chi connectivity index (χ1) is 17.0. The predicted molar refractivity (Wildman–Crippen MR) is 134 cm³/mol. The number of para-hydroxylation sites is 1. The van der Waals surface area contributed by atoms with Gasteiger partial charge in [-0.2, -0.15) is 0 Å². The predicted octanol–water partition coefficient (Wildman–Crippen LogP) is 5.28. The molecule has 0 radical (unpaired) electrons. The molecule has 1 unspecified atom stereocenters. The van der Waals surface area contributed by atoms with Crippen molar-refractivity contribution in [2.45, 2.75) is 25.7 Å². The Morgan fingerprint density at radius 2 is 1.51 bits per heavy atom. The molecule has 3 aromatic rings. The van der Waals surface area contributed by atoms with Crippen LogP contribution in [0.4, 0.5) is 10.5 Å². The standard InChI is InChI=1S/C28H28N2O5/c1-2-9-18(26(31)30-25-15-8-7-14-23(25)27(32)33)16-29-28(34)35-17-24-21-12-5-3-10-19(21)20-11-4-6-13-22(20)24/h3-8,10-15,18,24H,2,9,16-17H2,1H3,(H,29,34)(H,30,31)(H,32,33). The van der Waals surface area contributed by atoms with E-state index >= 15 is 0 Å². The lowest BCUT2D eigenvalue weighted by Crippen LogP contribution is -2.36. The molecule has 0 spiro atoms. The van der Waals surface area contributed by atoms with E-state index in [0.717, 1.165) is 28.7 Å². The smallest absolute Gasteiger partial charge is 0.407 e. The van der Waals surface area contributed by atoms with Gasteiger partial charge in [-0.1, -0.05) is 74.0 Å². The minimum atomic E-state index is -1.12. The number of aromatic carboxylic acids is 1. The van der Waals surface area contributed by atoms with E-state index in [0.29, 0.717) is 6.42 Å². The normalized spacial score (nSPS) is 12.8. The summed E-state index contributed by atoms with van der Waals surface area (Å²) in [4.78, 5) is 36.8. The van der Waals surface area contributed by atoms with Crippen molar-refractivity contribution in [1.82, 2.24) is 5.32 Å². The highest BCUT2D eigenvalue weighted by Gasteiger charge is 2.29. The average molecular weight is 473 g/mol. The molecular weight excluding hydrogens is 444 g/mol. The molecule has 0 saturated carbocycles. The van der Waals surface area contributed by atoms with Gasteiger partial charge in [0.25, 0.3) is 0 Å². The number of amides is 2. The van der Waals surface area contributed by atoms with Gasteiger partial charge in [-0.25, -0.2) is 9.59 Å². The summed E-state index contributed by atoms with van der Waals surface area (Å²) in [5.41, 5.74) is 4.80. The molecule has 1 aliphatic carbocycles. The number of carbonyl (C=O) groups is 3. The zero-order chi connectivity index (χ0) is 24.8. The molecule has 7 nitrogen and oxygen atoms in total. The topological polar surface area (TPSA) is 105 Å². The molecule has 7 heteroatoms. The third-order valence-corrected chi connectivity index (χ3v) is 6.26. The highest BCUT2D eigenvalue weighted by molar-refractivity contribution is 6.01. The second-order valence-corrected chi connectivity index (χ2v) is 8.53. The van der Waals surface area contributed by atoms with E-state index in [1.54, 1.807) is 18.2 Å². The number of carboxylic acids is 1. The van der Waals surface area contributed by atoms with Gasteiger partial charge in [0, 0.05) is 12.5 Å². The molecule has 1 aliphatic rings. The maximum Gasteiger partial charge on any atom is 0.407 e. The summed E-state index contributed by atoms with van der Waals surface area (Å²) >= 11 is 0. The number of hydrogen-bond acceptors (Lipinski definition) is 4. The number of benzene rings is 3. The molecule has 1 atom stereocenters. The van der Waals surface area contributed by atoms with Crippen molar-refractivity contribution >= 4 is 23.7 Å². The fourth-order valence-corrected chi connectivity index (χ4v) is 4.54. The van der Waals surface area contributed by atoms with Crippen molar-refractivity contribution in [3.8, 4) is 11.1 Å². The number of nitrogens with one attached hydrogen (secondary N) is 2. The zero-order valence-electron chi connectivity index (χ0n) is 19.5. The van der Waals surface area contributed by atoms with Crippen LogP contribution < -0.4 is 10.6 Å². The van der Waals surface area contributed by atoms with E-state index < -0.39 is 18.0 Å². The SMILES string of the molecule is CCCC(CNC(=O)OCC1c2ccccc2-c2ccccc21)C(=O)Nc1ccccc1C(=O)O. The highest BCUT2D eigenvalue weighted by atomic mass is 16.5. The number of carbonyl (C=O) groups excluding carboxylic acids is 2. The molecule has 0 heterocycles. The van der Waals surface area contributed by atoms with Crippen LogP contribution >= 0.6 is 0 Å². The van der Waals surface area contributed by atoms with Gasteiger partial charge < -0.3 is 20.5 Å². The van der Waals surface area contributed by atoms with Gasteiger partial charge in [-0.05, 0) is 40.8 Å². The molecule has 2 amide bonds. The third kappa shape index (κ3) is 5.35. The molecule has 0 fully saturated rings. The first kappa shape index (κ1) is 24.0. The van der Waals surface area contributed by atoms with Crippen LogP contribution in [0.3, 0.4) is 0 Å². The second kappa shape index (κ2) is 10.9. The van der Waals surface area contributed by atoms with Gasteiger partial charge >= 0.3 is 12.1 Å². The number of hydrogen-bond donors (Lipinski definition) is 3. The Morgan fingerprint density at radius 3 is 2.14 bits per heavy atom. The average Bonchev–Trinajstić information content (AvgIpc) is 3.19. The van der Waals surface area contributed by atoms with Gasteiger partial charge in [0.15, 0.2) is 0 Å². The number of alkyl carbamates (subject to hydrolysis) is 1. The molecule has 0 aromatic heterocycles. The van der Waals surface area contributed by atoms with E-state index in [1.165, 1.54) is 6.07 Å². The van der Waals surface area contributed by atoms with Gasteiger partial charge in [-0.3, -0.25) is 4.79 Å². The van der Waals surface area contributed by atoms with E-state index in [4.69, 9.17) is 4.74 Å². The Kier molecular flexibility index (Phi) is 7.45. The summed E-state index contributed by atoms with van der Waals surface area (Å²) in [6.07, 6.45) is 0.669. The van der Waals surface area contributed by atoms with Crippen molar-refractivity contribution < 1.29 is 24.2 Å². The summed E-state index contributed by atoms with van der Waals surface area (Å²) in [6.45, 7) is 2.22. The van der Waals surface area contributed by atoms with Gasteiger partial charge in [0.1, 0.15) is 6.61 Å². The zero-order valence-corrected chi connectivity index (χ0v) is 19.5. The lowest BCUT2D eigenvalue weighted by atomic mass is 9.98. The molecule has 0 bridgehead atoms. The van der Waals surface area contributed by atoms with Gasteiger partial charge in [-0.15, -0.1) is 0 Å². The molecule has 4 rings (SSSR count). The fourth-order valence-electron chi connectivity index (χ4n) is 4.54. The van der Waals surface area contributed by atoms with E-state index in [1.807, 2.05) is 31.2 Å². The maximum atomic E-state index is 12.8. The van der Waals surface area contributed by atoms with Crippen LogP contribution in [0.5, 0.6) is 0 Å². The van der Waals surface area contributed by atoms with Crippen LogP contribution in [0.1, 0.15) is 47.2 Å². The Labute approximate surface area is 204 Å². The first-order valence-electron chi connectivity index (χ1n) is 11.7. The summed E-state index contributed by atoms with van der Waals surface area (Å²) < 4.78 is 5.56. The van der Waals surface area contributed by atoms with Crippen molar-refractivity contribution in [3.05, 3.63) is 89.5 Å². The molecule has 0 aliphatic heterocycles. The minimum Gasteiger partial charge on any atom is -0.478 e. The summed E-state index contributed by atoms with van der Waals surface area (Å²) in [5.74, 6) is -2.04. The Hall–Kier alpha value is -4.13. The summed E-state index contributed by atoms with van der Waals surface area (Å²) in [6, 6.07) is 22.4. The fraction of sp³-hybridized carbons (Fsp3) is 0.250. The second-order valence-electron chi connectivity index (χ2n) is 8.53. The van der Waals surface area contributed by atoms with Crippen molar-refractivity contribution in [2.24, 2.45) is 5.92 Å². The Balaban J connectivity index is 1.36. The van der Waals surface area contributed by atoms with Gasteiger partial charge in [0.2, 0.25) is 5.91 Å². The quantitative estimate of drug-likeness (QED) is 0.393. The number of fused-ring (bicyclic) bond motifs is 3. The van der Waals surface area contributed by atoms with Crippen LogP contribution in [0.15, 0.2) is 72.8 Å². The monoisotopic (exact) mass is 472 g/mol. The number of anilines is 1. The van der Waals surface area contributed by atoms with E-state index in [2.05, 4.69) is 34.9 Å². The largest absolute Gasteiger partial charge is 0.478 e. The van der Waals surface area contributed by atoms with Crippen LogP contribution in [-0.4, -0.2) is 36.2 Å². The lowest BCUT2D eigenvalue weighted by molar-refractivity contribution is -0.119. The molecule has 0 saturated heterocycles. The van der Waals surface area contributed by atoms with E-state index in [-0.39, 0.29) is 36.2 Å². The molecule has 180 valence electrons. The summed E-state index contributed by atoms with van der Waals surface area (Å²) in [7, 11) is 0. The van der Waals surface area contributed by atoms with Crippen molar-refractivity contribution in [3.63, 3.8) is 0 Å². The Morgan fingerprint density at radius 1 is 0.914 bits per heavy atom. The van der Waals surface area contributed by atoms with Crippen molar-refractivity contribution in [2.75, 3.05) is 18.5 Å². The van der Waals surface area contributed by atoms with Crippen LogP contribution in [0.25, 0.3) is 11.1 Å². The number of rotatable bonds is 9. The van der Waals surface area contributed by atoms with Gasteiger partial charge in [0.05, 0.1) is 17.2 Å². The van der Waals surface area contributed by atoms with Crippen LogP contribution in [0, 0.1) is 5.92 Å². The molecule has 3 aromatic carbocycles. The molecule has 35 heavy (non-hydrogen) atoms. The highest BCUT2D eigenvalue weighted by Crippen LogP contribution is 2.44. The molecular formula is C28H28N2O5. The Bertz CT molecular complexity index is 1190. The number of carboxylic acid groups (broad SMARTS) is 1. The van der Waals surface area contributed by atoms with Crippen LogP contribution in [-0.2, 0) is 9.53 Å². The summed E-state index contributed by atoms with van der Waals surface area (Å²) in [5, 5.41) is 14.7. The van der Waals surface area contributed by atoms with E-state index in [9.17, 15) is 19.5 Å². The lowest BCUT2D eigenvalue weighted by Gasteiger charge is -2.18. The third-order valence-electron chi connectivity index (χ3n) is 6.26. The maximum absolute atomic E-state index is 12.8. The minimum absolute atomic E-state index is 0.0144. The first-order valence-corrected chi connectivity index (χ1v) is 11.7. The van der Waals surface area contributed by atoms with Crippen LogP contribution in [0.2, 0.25) is 0 Å². The molecule has 3 N–H and O–H groups in total. The number of ether oxygens (including phenoxy) is 1. The van der Waals surface area contributed by atoms with Crippen molar-refractivity contribution in [1.29, 1.82) is 0 Å².